The highest BCUT2D eigenvalue weighted by atomic mass is 35.5. The van der Waals surface area contributed by atoms with Gasteiger partial charge in [-0.2, -0.15) is 0 Å². The Morgan fingerprint density at radius 3 is 2.79 bits per heavy atom. The number of hydrogen-bond acceptors (Lipinski definition) is 9. The summed E-state index contributed by atoms with van der Waals surface area (Å²) in [5.41, 5.74) is 6.33. The number of carbonyl (C=O) groups is 1. The monoisotopic (exact) mass is 470 g/mol. The van der Waals surface area contributed by atoms with E-state index >= 15 is 0 Å². The first-order valence-electron chi connectivity index (χ1n) is 7.98. The van der Waals surface area contributed by atoms with Crippen molar-refractivity contribution in [1.82, 2.24) is 9.97 Å². The van der Waals surface area contributed by atoms with E-state index in [9.17, 15) is 13.2 Å². The average Bonchev–Trinajstić information content (AvgIpc) is 3.22. The SMILES string of the molecule is COc1ccc(NC(=O)CSc2ncc(S(=O)(=O)c3cccs3)c(N)n2)cc1Cl. The quantitative estimate of drug-likeness (QED) is 0.398. The summed E-state index contributed by atoms with van der Waals surface area (Å²) in [4.78, 5) is 20.0. The van der Waals surface area contributed by atoms with Gasteiger partial charge in [0.25, 0.3) is 0 Å². The van der Waals surface area contributed by atoms with Crippen molar-refractivity contribution in [3.63, 3.8) is 0 Å². The minimum absolute atomic E-state index is 0.000109. The van der Waals surface area contributed by atoms with E-state index in [0.717, 1.165) is 29.3 Å². The normalized spacial score (nSPS) is 11.2. The standard InChI is InChI=1S/C17H15ClN4O4S3/c1-26-12-5-4-10(7-11(12)18)21-14(23)9-28-17-20-8-13(16(19)22-17)29(24,25)15-3-2-6-27-15/h2-8H,9H2,1H3,(H,21,23)(H2,19,20,22). The summed E-state index contributed by atoms with van der Waals surface area (Å²) in [5.74, 6) is 0.0209. The van der Waals surface area contributed by atoms with Gasteiger partial charge in [0.1, 0.15) is 20.7 Å². The van der Waals surface area contributed by atoms with Crippen molar-refractivity contribution in [2.45, 2.75) is 14.3 Å². The van der Waals surface area contributed by atoms with E-state index in [1.54, 1.807) is 29.6 Å². The Hall–Kier alpha value is -2.34. The summed E-state index contributed by atoms with van der Waals surface area (Å²) in [6.45, 7) is 0. The third kappa shape index (κ3) is 4.99. The highest BCUT2D eigenvalue weighted by molar-refractivity contribution is 7.99. The molecule has 2 aromatic heterocycles. The molecule has 0 aliphatic heterocycles. The number of rotatable bonds is 7. The van der Waals surface area contributed by atoms with Crippen LogP contribution in [0.5, 0.6) is 5.75 Å². The van der Waals surface area contributed by atoms with Gasteiger partial charge in [-0.05, 0) is 29.6 Å². The largest absolute Gasteiger partial charge is 0.495 e. The van der Waals surface area contributed by atoms with Crippen LogP contribution < -0.4 is 15.8 Å². The zero-order valence-electron chi connectivity index (χ0n) is 15.0. The molecule has 12 heteroatoms. The second-order valence-electron chi connectivity index (χ2n) is 5.52. The molecule has 0 fully saturated rings. The number of hydrogen-bond donors (Lipinski definition) is 2. The molecule has 8 nitrogen and oxygen atoms in total. The molecule has 0 saturated heterocycles. The second-order valence-corrected chi connectivity index (χ2v) is 9.97. The molecule has 0 saturated carbocycles. The van der Waals surface area contributed by atoms with Crippen LogP contribution in [0.1, 0.15) is 0 Å². The molecule has 0 spiro atoms. The van der Waals surface area contributed by atoms with Gasteiger partial charge in [-0.3, -0.25) is 4.79 Å². The lowest BCUT2D eigenvalue weighted by molar-refractivity contribution is -0.113. The van der Waals surface area contributed by atoms with Gasteiger partial charge in [0.2, 0.25) is 15.7 Å². The predicted molar refractivity (Wildman–Crippen MR) is 114 cm³/mol. The number of nitrogen functional groups attached to an aromatic ring is 1. The van der Waals surface area contributed by atoms with Crippen molar-refractivity contribution in [2.75, 3.05) is 23.9 Å². The van der Waals surface area contributed by atoms with Crippen molar-refractivity contribution in [3.05, 3.63) is 46.9 Å². The Balaban J connectivity index is 1.65. The molecule has 1 amide bonds. The fourth-order valence-corrected chi connectivity index (χ4v) is 5.50. The number of nitrogens with zero attached hydrogens (tertiary/aromatic N) is 2. The molecular weight excluding hydrogens is 456 g/mol. The molecule has 152 valence electrons. The van der Waals surface area contributed by atoms with Crippen LogP contribution in [-0.4, -0.2) is 37.2 Å². The number of aromatic nitrogens is 2. The Morgan fingerprint density at radius 2 is 2.17 bits per heavy atom. The van der Waals surface area contributed by atoms with E-state index in [1.165, 1.54) is 13.2 Å². The number of ether oxygens (including phenoxy) is 1. The Bertz CT molecular complexity index is 1140. The fraction of sp³-hybridized carbons (Fsp3) is 0.118. The van der Waals surface area contributed by atoms with Gasteiger partial charge in [-0.15, -0.1) is 11.3 Å². The minimum Gasteiger partial charge on any atom is -0.495 e. The Kier molecular flexibility index (Phi) is 6.63. The molecule has 3 aromatic rings. The predicted octanol–water partition coefficient (Wildman–Crippen LogP) is 3.35. The number of sulfone groups is 1. The van der Waals surface area contributed by atoms with Gasteiger partial charge in [-0.1, -0.05) is 29.4 Å². The number of nitrogens with two attached hydrogens (primary N) is 1. The number of benzene rings is 1. The molecule has 3 rings (SSSR count). The lowest BCUT2D eigenvalue weighted by Gasteiger charge is -2.08. The van der Waals surface area contributed by atoms with Crippen molar-refractivity contribution >= 4 is 61.9 Å². The number of nitrogens with one attached hydrogen (secondary N) is 1. The Morgan fingerprint density at radius 1 is 1.38 bits per heavy atom. The first-order valence-corrected chi connectivity index (χ1v) is 11.7. The maximum absolute atomic E-state index is 12.5. The molecule has 29 heavy (non-hydrogen) atoms. The van der Waals surface area contributed by atoms with Crippen molar-refractivity contribution in [3.8, 4) is 5.75 Å². The van der Waals surface area contributed by atoms with Crippen molar-refractivity contribution in [1.29, 1.82) is 0 Å². The molecule has 0 aliphatic rings. The summed E-state index contributed by atoms with van der Waals surface area (Å²) in [6.07, 6.45) is 1.15. The number of methoxy groups -OCH3 is 1. The van der Waals surface area contributed by atoms with Gasteiger partial charge in [0, 0.05) is 5.69 Å². The first kappa shape index (κ1) is 21.4. The summed E-state index contributed by atoms with van der Waals surface area (Å²) in [7, 11) is -2.27. The zero-order valence-corrected chi connectivity index (χ0v) is 18.2. The number of thiophene rings is 1. The van der Waals surface area contributed by atoms with E-state index in [0.29, 0.717) is 16.5 Å². The molecule has 0 bridgehead atoms. The second kappa shape index (κ2) is 8.99. The zero-order chi connectivity index (χ0) is 21.0. The van der Waals surface area contributed by atoms with E-state index in [-0.39, 0.29) is 31.7 Å². The van der Waals surface area contributed by atoms with E-state index in [1.807, 2.05) is 0 Å². The van der Waals surface area contributed by atoms with Crippen LogP contribution >= 0.6 is 34.7 Å². The number of halogens is 1. The highest BCUT2D eigenvalue weighted by Gasteiger charge is 2.23. The van der Waals surface area contributed by atoms with Gasteiger partial charge in [-0.25, -0.2) is 18.4 Å². The summed E-state index contributed by atoms with van der Waals surface area (Å²) in [6, 6.07) is 7.99. The molecule has 0 aliphatic carbocycles. The van der Waals surface area contributed by atoms with E-state index in [2.05, 4.69) is 15.3 Å². The first-order chi connectivity index (χ1) is 13.8. The lowest BCUT2D eigenvalue weighted by atomic mass is 10.3. The molecule has 0 unspecified atom stereocenters. The summed E-state index contributed by atoms with van der Waals surface area (Å²) >= 11 is 8.14. The summed E-state index contributed by atoms with van der Waals surface area (Å²) < 4.78 is 30.3. The molecular formula is C17H15ClN4O4S3. The molecule has 1 aromatic carbocycles. The smallest absolute Gasteiger partial charge is 0.234 e. The van der Waals surface area contributed by atoms with Crippen LogP contribution in [0, 0.1) is 0 Å². The van der Waals surface area contributed by atoms with Crippen LogP contribution in [0.3, 0.4) is 0 Å². The van der Waals surface area contributed by atoms with Gasteiger partial charge < -0.3 is 15.8 Å². The minimum atomic E-state index is -3.77. The van der Waals surface area contributed by atoms with E-state index in [4.69, 9.17) is 22.1 Å². The molecule has 3 N–H and O–H groups in total. The van der Waals surface area contributed by atoms with Crippen LogP contribution in [0.25, 0.3) is 0 Å². The summed E-state index contributed by atoms with van der Waals surface area (Å²) in [5, 5.41) is 4.91. The molecule has 0 radical (unpaired) electrons. The highest BCUT2D eigenvalue weighted by Crippen LogP contribution is 2.29. The van der Waals surface area contributed by atoms with Crippen LogP contribution in [0.15, 0.2) is 56.2 Å². The molecule has 2 heterocycles. The number of amides is 1. The third-order valence-electron chi connectivity index (χ3n) is 3.58. The van der Waals surface area contributed by atoms with Crippen LogP contribution in [-0.2, 0) is 14.6 Å². The maximum Gasteiger partial charge on any atom is 0.234 e. The molecule has 0 atom stereocenters. The van der Waals surface area contributed by atoms with Crippen molar-refractivity contribution in [2.24, 2.45) is 0 Å². The van der Waals surface area contributed by atoms with Gasteiger partial charge in [0.15, 0.2) is 5.16 Å². The topological polar surface area (TPSA) is 124 Å². The maximum atomic E-state index is 12.5. The van der Waals surface area contributed by atoms with E-state index < -0.39 is 9.84 Å². The average molecular weight is 471 g/mol. The third-order valence-corrected chi connectivity index (χ3v) is 7.90. The van der Waals surface area contributed by atoms with Crippen molar-refractivity contribution < 1.29 is 17.9 Å². The lowest BCUT2D eigenvalue weighted by Crippen LogP contribution is -2.14. The van der Waals surface area contributed by atoms with Gasteiger partial charge in [0.05, 0.1) is 24.1 Å². The fourth-order valence-electron chi connectivity index (χ4n) is 2.24. The number of anilines is 2. The van der Waals surface area contributed by atoms with Crippen LogP contribution in [0.4, 0.5) is 11.5 Å². The van der Waals surface area contributed by atoms with Gasteiger partial charge >= 0.3 is 0 Å². The number of carbonyl (C=O) groups excluding carboxylic acids is 1. The Labute approximate surface area is 180 Å². The van der Waals surface area contributed by atoms with Crippen LogP contribution in [0.2, 0.25) is 5.02 Å². The number of thioether (sulfide) groups is 1.